The summed E-state index contributed by atoms with van der Waals surface area (Å²) in [5.41, 5.74) is 2.86. The third-order valence-corrected chi connectivity index (χ3v) is 6.18. The van der Waals surface area contributed by atoms with Crippen LogP contribution in [-0.2, 0) is 16.8 Å². The number of anilines is 1. The molecule has 27 heavy (non-hydrogen) atoms. The maximum Gasteiger partial charge on any atom is 0.343 e. The summed E-state index contributed by atoms with van der Waals surface area (Å²) in [6, 6.07) is 8.23. The molecule has 0 fully saturated rings. The summed E-state index contributed by atoms with van der Waals surface area (Å²) in [5.74, 6) is 0.0150. The number of benzene rings is 1. The third kappa shape index (κ3) is 3.48. The first kappa shape index (κ1) is 19.5. The third-order valence-electron chi connectivity index (χ3n) is 5.07. The van der Waals surface area contributed by atoms with Gasteiger partial charge in [0, 0.05) is 36.5 Å². The van der Waals surface area contributed by atoms with E-state index in [1.807, 2.05) is 33.0 Å². The number of rotatable bonds is 6. The zero-order valence-corrected chi connectivity index (χ0v) is 17.3. The molecule has 1 aliphatic heterocycles. The number of hydrogen-bond donors (Lipinski definition) is 1. The number of nitrogens with zero attached hydrogens (tertiary/aromatic N) is 3. The Morgan fingerprint density at radius 3 is 2.74 bits per heavy atom. The summed E-state index contributed by atoms with van der Waals surface area (Å²) < 4.78 is 1.59. The average Bonchev–Trinajstić information content (AvgIpc) is 3.07. The number of hydrogen-bond acceptors (Lipinski definition) is 5. The molecule has 1 aromatic heterocycles. The number of fused-ring (bicyclic) bond motifs is 1. The number of carbonyl (C=O) groups is 1. The van der Waals surface area contributed by atoms with E-state index < -0.39 is 0 Å². The van der Waals surface area contributed by atoms with Gasteiger partial charge in [0.1, 0.15) is 0 Å². The largest absolute Gasteiger partial charge is 0.347 e. The minimum Gasteiger partial charge on any atom is -0.347 e. The number of carbonyl (C=O) groups excluding carboxylic acids is 1. The molecule has 0 amide bonds. The summed E-state index contributed by atoms with van der Waals surface area (Å²) in [7, 11) is 2.00. The predicted octanol–water partition coefficient (Wildman–Crippen LogP) is 3.34. The second-order valence-electron chi connectivity index (χ2n) is 7.36. The van der Waals surface area contributed by atoms with E-state index in [9.17, 15) is 9.59 Å². The topological polar surface area (TPSA) is 71.0 Å². The molecule has 1 N–H and O–H groups in total. The lowest BCUT2D eigenvalue weighted by molar-refractivity contribution is -0.114. The zero-order chi connectivity index (χ0) is 19.8. The Hall–Kier alpha value is -2.28. The highest BCUT2D eigenvalue weighted by Gasteiger charge is 2.38. The first-order valence-electron chi connectivity index (χ1n) is 9.18. The number of thioether (sulfide) groups is 1. The minimum atomic E-state index is -0.337. The Labute approximate surface area is 163 Å². The maximum absolute atomic E-state index is 12.9. The molecule has 144 valence electrons. The Kier molecular flexibility index (Phi) is 5.33. The lowest BCUT2D eigenvalue weighted by atomic mass is 9.83. The van der Waals surface area contributed by atoms with Crippen LogP contribution in [0.5, 0.6) is 0 Å². The number of aromatic nitrogens is 3. The van der Waals surface area contributed by atoms with E-state index in [2.05, 4.69) is 41.1 Å². The Morgan fingerprint density at radius 2 is 2.07 bits per heavy atom. The van der Waals surface area contributed by atoms with Gasteiger partial charge in [0.2, 0.25) is 0 Å². The summed E-state index contributed by atoms with van der Waals surface area (Å²) in [5, 5.41) is 6.76. The molecule has 0 aliphatic carbocycles. The quantitative estimate of drug-likeness (QED) is 0.609. The van der Waals surface area contributed by atoms with Crippen LogP contribution in [0.1, 0.15) is 39.7 Å². The maximum atomic E-state index is 12.9. The first-order chi connectivity index (χ1) is 12.8. The highest BCUT2D eigenvalue weighted by atomic mass is 32.2. The van der Waals surface area contributed by atoms with E-state index in [1.54, 1.807) is 10.6 Å². The van der Waals surface area contributed by atoms with Gasteiger partial charge >= 0.3 is 5.69 Å². The Balaban J connectivity index is 1.84. The van der Waals surface area contributed by atoms with Crippen LogP contribution in [0.3, 0.4) is 0 Å². The number of aromatic amines is 1. The molecule has 6 nitrogen and oxygen atoms in total. The molecular weight excluding hydrogens is 360 g/mol. The van der Waals surface area contributed by atoms with E-state index in [4.69, 9.17) is 0 Å². The molecule has 0 radical (unpaired) electrons. The van der Waals surface area contributed by atoms with Gasteiger partial charge in [-0.1, -0.05) is 50.7 Å². The van der Waals surface area contributed by atoms with Crippen molar-refractivity contribution in [3.05, 3.63) is 52.1 Å². The van der Waals surface area contributed by atoms with Crippen LogP contribution in [0.2, 0.25) is 0 Å². The van der Waals surface area contributed by atoms with Gasteiger partial charge in [-0.3, -0.25) is 9.36 Å². The minimum absolute atomic E-state index is 0.0150. The Bertz CT molecular complexity index is 941. The summed E-state index contributed by atoms with van der Waals surface area (Å²) in [6.45, 7) is 8.72. The van der Waals surface area contributed by atoms with Crippen LogP contribution >= 0.6 is 11.8 Å². The van der Waals surface area contributed by atoms with E-state index in [0.29, 0.717) is 11.7 Å². The van der Waals surface area contributed by atoms with Crippen molar-refractivity contribution >= 4 is 23.2 Å². The number of allylic oxidation sites excluding steroid dienone is 2. The predicted molar refractivity (Wildman–Crippen MR) is 109 cm³/mol. The van der Waals surface area contributed by atoms with Gasteiger partial charge in [-0.05, 0) is 25.0 Å². The fourth-order valence-corrected chi connectivity index (χ4v) is 4.44. The van der Waals surface area contributed by atoms with Crippen molar-refractivity contribution in [2.45, 2.75) is 56.5 Å². The van der Waals surface area contributed by atoms with Crippen molar-refractivity contribution in [2.24, 2.45) is 0 Å². The summed E-state index contributed by atoms with van der Waals surface area (Å²) in [4.78, 5) is 26.8. The highest BCUT2D eigenvalue weighted by Crippen LogP contribution is 2.46. The van der Waals surface area contributed by atoms with Crippen LogP contribution < -0.4 is 10.6 Å². The fraction of sp³-hybridized carbons (Fsp3) is 0.450. The molecule has 1 aromatic carbocycles. The van der Waals surface area contributed by atoms with Gasteiger partial charge in [-0.2, -0.15) is 0 Å². The smallest absolute Gasteiger partial charge is 0.343 e. The standard InChI is InChI=1S/C20H26N4O2S/c1-6-11-24-18(26)21-22-19(24)27-13(2)16(25)12-17-20(3,4)14-9-7-8-10-15(14)23(17)5/h7-10,12-13H,6,11H2,1-5H3,(H,21,26). The zero-order valence-electron chi connectivity index (χ0n) is 16.4. The summed E-state index contributed by atoms with van der Waals surface area (Å²) in [6.07, 6.45) is 2.57. The SMILES string of the molecule is CCCn1c(SC(C)C(=O)C=C2N(C)c3ccccc3C2(C)C)n[nH]c1=O. The van der Waals surface area contributed by atoms with Crippen molar-refractivity contribution in [1.29, 1.82) is 0 Å². The van der Waals surface area contributed by atoms with Gasteiger partial charge in [0.05, 0.1) is 5.25 Å². The lowest BCUT2D eigenvalue weighted by Gasteiger charge is -2.24. The fourth-order valence-electron chi connectivity index (χ4n) is 3.54. The molecule has 1 unspecified atom stereocenters. The van der Waals surface area contributed by atoms with Crippen LogP contribution in [0, 0.1) is 0 Å². The van der Waals surface area contributed by atoms with Crippen molar-refractivity contribution in [3.8, 4) is 0 Å². The van der Waals surface area contributed by atoms with Crippen LogP contribution in [0.15, 0.2) is 46.0 Å². The van der Waals surface area contributed by atoms with E-state index >= 15 is 0 Å². The second kappa shape index (κ2) is 7.38. The molecule has 0 spiro atoms. The first-order valence-corrected chi connectivity index (χ1v) is 10.1. The molecule has 0 saturated carbocycles. The number of nitrogens with one attached hydrogen (secondary N) is 1. The monoisotopic (exact) mass is 386 g/mol. The number of H-pyrrole nitrogens is 1. The van der Waals surface area contributed by atoms with Crippen molar-refractivity contribution in [2.75, 3.05) is 11.9 Å². The van der Waals surface area contributed by atoms with E-state index in [-0.39, 0.29) is 22.1 Å². The summed E-state index contributed by atoms with van der Waals surface area (Å²) >= 11 is 1.32. The van der Waals surface area contributed by atoms with Crippen LogP contribution in [0.25, 0.3) is 0 Å². The van der Waals surface area contributed by atoms with Gasteiger partial charge in [0.25, 0.3) is 0 Å². The highest BCUT2D eigenvalue weighted by molar-refractivity contribution is 8.00. The molecule has 0 bridgehead atoms. The van der Waals surface area contributed by atoms with Gasteiger partial charge in [-0.15, -0.1) is 5.10 Å². The normalized spacial score (nSPS) is 18.0. The Morgan fingerprint density at radius 1 is 1.37 bits per heavy atom. The van der Waals surface area contributed by atoms with Gasteiger partial charge in [-0.25, -0.2) is 9.89 Å². The average molecular weight is 387 g/mol. The van der Waals surface area contributed by atoms with Crippen LogP contribution in [-0.4, -0.2) is 32.8 Å². The van der Waals surface area contributed by atoms with E-state index in [0.717, 1.165) is 17.8 Å². The van der Waals surface area contributed by atoms with Gasteiger partial charge in [0.15, 0.2) is 10.9 Å². The molecule has 2 heterocycles. The molecule has 3 rings (SSSR count). The molecule has 0 saturated heterocycles. The molecular formula is C20H26N4O2S. The number of para-hydroxylation sites is 1. The van der Waals surface area contributed by atoms with Gasteiger partial charge < -0.3 is 4.90 Å². The number of ketones is 1. The van der Waals surface area contributed by atoms with Crippen molar-refractivity contribution in [3.63, 3.8) is 0 Å². The molecule has 2 aromatic rings. The van der Waals surface area contributed by atoms with E-state index in [1.165, 1.54) is 17.3 Å². The van der Waals surface area contributed by atoms with Crippen molar-refractivity contribution < 1.29 is 4.79 Å². The molecule has 1 aliphatic rings. The molecule has 1 atom stereocenters. The van der Waals surface area contributed by atoms with Crippen molar-refractivity contribution in [1.82, 2.24) is 14.8 Å². The second-order valence-corrected chi connectivity index (χ2v) is 8.66. The lowest BCUT2D eigenvalue weighted by Crippen LogP contribution is -2.25. The molecule has 7 heteroatoms. The number of likely N-dealkylation sites (N-methyl/N-ethyl adjacent to an activating group) is 1. The van der Waals surface area contributed by atoms with Crippen LogP contribution in [0.4, 0.5) is 5.69 Å².